The van der Waals surface area contributed by atoms with Crippen molar-refractivity contribution >= 4 is 6.92 Å². The molecule has 2 rings (SSSR count). The molecular weight excluding hydrogens is 249 g/mol. The van der Waals surface area contributed by atoms with Crippen molar-refractivity contribution in [1.29, 1.82) is 5.26 Å². The second-order valence-corrected chi connectivity index (χ2v) is 6.99. The second kappa shape index (κ2) is 4.61. The lowest BCUT2D eigenvalue weighted by molar-refractivity contribution is 0.0405. The first-order chi connectivity index (χ1) is 9.16. The molecule has 106 valence electrons. The van der Waals surface area contributed by atoms with Gasteiger partial charge in [-0.1, -0.05) is 39.8 Å². The van der Waals surface area contributed by atoms with Crippen LogP contribution in [0.5, 0.6) is 0 Å². The molecule has 0 saturated carbocycles. The minimum Gasteiger partial charge on any atom is -0.449 e. The highest BCUT2D eigenvalue weighted by atomic mass is 16.3. The van der Waals surface area contributed by atoms with Gasteiger partial charge in [-0.05, 0) is 34.8 Å². The highest BCUT2D eigenvalue weighted by molar-refractivity contribution is 6.57. The van der Waals surface area contributed by atoms with Gasteiger partial charge in [-0.2, -0.15) is 5.26 Å². The predicted molar refractivity (Wildman–Crippen MR) is 80.4 cm³/mol. The summed E-state index contributed by atoms with van der Waals surface area (Å²) >= 11 is 0. The number of benzene rings is 1. The molecule has 1 aromatic rings. The number of aliphatic hydroxyl groups is 1. The molecule has 0 aromatic heterocycles. The van der Waals surface area contributed by atoms with Crippen molar-refractivity contribution in [2.75, 3.05) is 0 Å². The summed E-state index contributed by atoms with van der Waals surface area (Å²) in [6.45, 7) is 9.20. The smallest absolute Gasteiger partial charge is 0.305 e. The number of nitrogens with zero attached hydrogens (tertiary/aromatic N) is 1. The molecule has 1 heterocycles. The Balaban J connectivity index is 2.58. The predicted octanol–water partition coefficient (Wildman–Crippen LogP) is 2.65. The van der Waals surface area contributed by atoms with Crippen LogP contribution in [0, 0.1) is 23.7 Å². The van der Waals surface area contributed by atoms with Gasteiger partial charge in [0.05, 0.1) is 17.7 Å². The van der Waals surface area contributed by atoms with Crippen molar-refractivity contribution < 1.29 is 10.1 Å². The van der Waals surface area contributed by atoms with Gasteiger partial charge in [0.15, 0.2) is 0 Å². The SMILES string of the molecule is Cc1c(C#N)cccc1C1B(O)C(C)(C)C(C)(C)C1O. The summed E-state index contributed by atoms with van der Waals surface area (Å²) in [6, 6.07) is 7.66. The molecule has 1 aliphatic rings. The Morgan fingerprint density at radius 1 is 1.25 bits per heavy atom. The number of hydrogen-bond acceptors (Lipinski definition) is 3. The first kappa shape index (κ1) is 15.1. The summed E-state index contributed by atoms with van der Waals surface area (Å²) in [4.78, 5) is 0. The molecule has 0 amide bonds. The fourth-order valence-electron chi connectivity index (χ4n) is 3.31. The van der Waals surface area contributed by atoms with Crippen LogP contribution in [0.25, 0.3) is 0 Å². The number of nitriles is 1. The maximum atomic E-state index is 10.7. The zero-order valence-electron chi connectivity index (χ0n) is 12.8. The van der Waals surface area contributed by atoms with Crippen molar-refractivity contribution in [1.82, 2.24) is 0 Å². The van der Waals surface area contributed by atoms with E-state index < -0.39 is 23.7 Å². The summed E-state index contributed by atoms with van der Waals surface area (Å²) in [7, 11) is 0. The summed E-state index contributed by atoms with van der Waals surface area (Å²) in [5.41, 5.74) is 1.94. The van der Waals surface area contributed by atoms with E-state index in [0.717, 1.165) is 11.1 Å². The fourth-order valence-corrected chi connectivity index (χ4v) is 3.31. The maximum Gasteiger partial charge on any atom is 0.305 e. The first-order valence-electron chi connectivity index (χ1n) is 7.02. The van der Waals surface area contributed by atoms with Crippen LogP contribution in [0.4, 0.5) is 0 Å². The Morgan fingerprint density at radius 3 is 2.30 bits per heavy atom. The molecule has 2 N–H and O–H groups in total. The van der Waals surface area contributed by atoms with E-state index in [9.17, 15) is 10.1 Å². The molecule has 1 aromatic carbocycles. The van der Waals surface area contributed by atoms with Crippen molar-refractivity contribution in [3.63, 3.8) is 0 Å². The molecule has 1 fully saturated rings. The summed E-state index contributed by atoms with van der Waals surface area (Å²) in [5, 5.41) is 30.2. The van der Waals surface area contributed by atoms with E-state index >= 15 is 0 Å². The lowest BCUT2D eigenvalue weighted by atomic mass is 9.41. The summed E-state index contributed by atoms with van der Waals surface area (Å²) < 4.78 is 0. The van der Waals surface area contributed by atoms with Crippen LogP contribution in [0.3, 0.4) is 0 Å². The van der Waals surface area contributed by atoms with E-state index in [1.54, 1.807) is 6.07 Å². The molecule has 2 atom stereocenters. The molecule has 0 bridgehead atoms. The molecule has 0 radical (unpaired) electrons. The third-order valence-electron chi connectivity index (χ3n) is 5.68. The Kier molecular flexibility index (Phi) is 3.48. The Bertz CT molecular complexity index is 554. The minimum absolute atomic E-state index is 0.353. The van der Waals surface area contributed by atoms with Crippen molar-refractivity contribution in [2.45, 2.75) is 51.9 Å². The van der Waals surface area contributed by atoms with Gasteiger partial charge >= 0.3 is 6.92 Å². The molecule has 0 spiro atoms. The molecule has 1 saturated heterocycles. The number of aliphatic hydroxyl groups excluding tert-OH is 1. The number of rotatable bonds is 1. The van der Waals surface area contributed by atoms with Crippen molar-refractivity contribution in [3.05, 3.63) is 34.9 Å². The molecular formula is C16H22BNO2. The molecule has 20 heavy (non-hydrogen) atoms. The average molecular weight is 271 g/mol. The molecule has 4 heteroatoms. The average Bonchev–Trinajstić information content (AvgIpc) is 2.50. The van der Waals surface area contributed by atoms with Gasteiger partial charge in [0, 0.05) is 5.82 Å². The van der Waals surface area contributed by atoms with Crippen LogP contribution in [0.2, 0.25) is 5.31 Å². The summed E-state index contributed by atoms with van der Waals surface area (Å²) in [5.74, 6) is -0.353. The molecule has 1 aliphatic heterocycles. The largest absolute Gasteiger partial charge is 0.449 e. The van der Waals surface area contributed by atoms with E-state index in [0.29, 0.717) is 5.56 Å². The third kappa shape index (κ3) is 1.81. The Labute approximate surface area is 121 Å². The van der Waals surface area contributed by atoms with E-state index in [1.165, 1.54) is 0 Å². The van der Waals surface area contributed by atoms with Crippen LogP contribution in [-0.4, -0.2) is 23.2 Å². The Morgan fingerprint density at radius 2 is 1.85 bits per heavy atom. The van der Waals surface area contributed by atoms with Gasteiger partial charge in [0.25, 0.3) is 0 Å². The van der Waals surface area contributed by atoms with Gasteiger partial charge in [-0.3, -0.25) is 0 Å². The monoisotopic (exact) mass is 271 g/mol. The molecule has 0 aliphatic carbocycles. The van der Waals surface area contributed by atoms with E-state index in [4.69, 9.17) is 5.26 Å². The van der Waals surface area contributed by atoms with Gasteiger partial charge in [-0.15, -0.1) is 0 Å². The highest BCUT2D eigenvalue weighted by Gasteiger charge is 2.62. The van der Waals surface area contributed by atoms with Crippen molar-refractivity contribution in [3.8, 4) is 6.07 Å². The normalized spacial score (nSPS) is 27.4. The second-order valence-electron chi connectivity index (χ2n) is 6.99. The zero-order chi connectivity index (χ0) is 15.3. The number of hydrogen-bond donors (Lipinski definition) is 2. The standard InChI is InChI=1S/C16H22BNO2/c1-10-11(9-18)7-6-8-12(10)13-14(19)15(2,3)16(4,5)17(13)20/h6-8,13-14,19-20H,1-5H3. The van der Waals surface area contributed by atoms with E-state index in [-0.39, 0.29) is 5.82 Å². The Hall–Kier alpha value is -1.31. The highest BCUT2D eigenvalue weighted by Crippen LogP contribution is 2.61. The fraction of sp³-hybridized carbons (Fsp3) is 0.562. The van der Waals surface area contributed by atoms with Gasteiger partial charge in [0.1, 0.15) is 0 Å². The molecule has 2 unspecified atom stereocenters. The van der Waals surface area contributed by atoms with Gasteiger partial charge in [0.2, 0.25) is 0 Å². The maximum absolute atomic E-state index is 10.7. The quantitative estimate of drug-likeness (QED) is 0.772. The first-order valence-corrected chi connectivity index (χ1v) is 7.02. The van der Waals surface area contributed by atoms with E-state index in [2.05, 4.69) is 6.07 Å². The topological polar surface area (TPSA) is 64.2 Å². The van der Waals surface area contributed by atoms with Gasteiger partial charge in [-0.25, -0.2) is 0 Å². The van der Waals surface area contributed by atoms with Crippen molar-refractivity contribution in [2.24, 2.45) is 5.41 Å². The lowest BCUT2D eigenvalue weighted by Crippen LogP contribution is -2.34. The summed E-state index contributed by atoms with van der Waals surface area (Å²) in [6.07, 6.45) is -0.639. The van der Waals surface area contributed by atoms with E-state index in [1.807, 2.05) is 46.8 Å². The third-order valence-corrected chi connectivity index (χ3v) is 5.68. The van der Waals surface area contributed by atoms with Crippen LogP contribution in [0.15, 0.2) is 18.2 Å². The van der Waals surface area contributed by atoms with Crippen LogP contribution >= 0.6 is 0 Å². The van der Waals surface area contributed by atoms with Crippen LogP contribution < -0.4 is 0 Å². The minimum atomic E-state index is -0.639. The zero-order valence-corrected chi connectivity index (χ0v) is 12.8. The van der Waals surface area contributed by atoms with Crippen LogP contribution in [0.1, 0.15) is 50.2 Å². The van der Waals surface area contributed by atoms with Crippen LogP contribution in [-0.2, 0) is 0 Å². The van der Waals surface area contributed by atoms with Gasteiger partial charge < -0.3 is 10.1 Å². The lowest BCUT2D eigenvalue weighted by Gasteiger charge is -2.37. The molecule has 3 nitrogen and oxygen atoms in total.